The molecule has 0 N–H and O–H groups in total. The lowest BCUT2D eigenvalue weighted by atomic mass is 9.86. The van der Waals surface area contributed by atoms with Crippen LogP contribution in [0.15, 0.2) is 0 Å². The molecule has 2 aliphatic carbocycles. The second-order valence-electron chi connectivity index (χ2n) is 6.66. The van der Waals surface area contributed by atoms with Crippen LogP contribution in [0.5, 0.6) is 0 Å². The fraction of sp³-hybridized carbons (Fsp3) is 0.882. The summed E-state index contributed by atoms with van der Waals surface area (Å²) in [4.78, 5) is 10.9. The number of hydrogen-bond donors (Lipinski definition) is 0. The van der Waals surface area contributed by atoms with Gasteiger partial charge >= 0.3 is 0 Å². The standard InChI is InChI=1S/C9H13NO2.C8H12O3/c10-7-8-1-3-9(4-2-8)11-5-6-12-9;9-7-1-3-8(4-2-7)10-5-6-11-8/h8H,1-6H2;1-6H2. The van der Waals surface area contributed by atoms with Gasteiger partial charge in [0.25, 0.3) is 0 Å². The molecule has 2 heterocycles. The van der Waals surface area contributed by atoms with E-state index in [1.165, 1.54) is 0 Å². The maximum Gasteiger partial charge on any atom is 0.169 e. The third-order valence-electron chi connectivity index (χ3n) is 5.13. The third-order valence-corrected chi connectivity index (χ3v) is 5.13. The predicted molar refractivity (Wildman–Crippen MR) is 80.3 cm³/mol. The third kappa shape index (κ3) is 4.10. The molecule has 0 bridgehead atoms. The molecule has 2 spiro atoms. The lowest BCUT2D eigenvalue weighted by Crippen LogP contribution is -2.35. The molecule has 0 aromatic carbocycles. The zero-order chi connectivity index (χ0) is 16.2. The Labute approximate surface area is 137 Å². The van der Waals surface area contributed by atoms with Crippen LogP contribution in [0, 0.1) is 17.2 Å². The largest absolute Gasteiger partial charge is 0.348 e. The minimum atomic E-state index is -0.367. The summed E-state index contributed by atoms with van der Waals surface area (Å²) in [5.74, 6) is -0.0977. The molecule has 2 saturated heterocycles. The first-order chi connectivity index (χ1) is 11.2. The maximum atomic E-state index is 10.9. The minimum absolute atomic E-state index is 0.225. The lowest BCUT2D eigenvalue weighted by Gasteiger charge is -2.32. The fourth-order valence-electron chi connectivity index (χ4n) is 3.67. The van der Waals surface area contributed by atoms with E-state index in [0.717, 1.165) is 51.7 Å². The number of nitrogens with zero attached hydrogens (tertiary/aromatic N) is 1. The van der Waals surface area contributed by atoms with Gasteiger partial charge in [0.1, 0.15) is 5.78 Å². The summed E-state index contributed by atoms with van der Waals surface area (Å²) in [5.41, 5.74) is 0. The molecule has 0 aromatic heterocycles. The molecular weight excluding hydrogens is 298 g/mol. The Kier molecular flexibility index (Phi) is 5.32. The number of ketones is 1. The van der Waals surface area contributed by atoms with E-state index in [1.807, 2.05) is 0 Å². The highest BCUT2D eigenvalue weighted by molar-refractivity contribution is 5.79. The van der Waals surface area contributed by atoms with Crippen LogP contribution in [0.25, 0.3) is 0 Å². The topological polar surface area (TPSA) is 77.8 Å². The number of rotatable bonds is 0. The Morgan fingerprint density at radius 1 is 0.826 bits per heavy atom. The highest BCUT2D eigenvalue weighted by Crippen LogP contribution is 2.37. The Morgan fingerprint density at radius 3 is 1.70 bits per heavy atom. The van der Waals surface area contributed by atoms with E-state index in [2.05, 4.69) is 6.07 Å². The van der Waals surface area contributed by atoms with Crippen LogP contribution >= 0.6 is 0 Å². The van der Waals surface area contributed by atoms with Gasteiger partial charge in [-0.05, 0) is 12.8 Å². The van der Waals surface area contributed by atoms with Crippen molar-refractivity contribution in [1.29, 1.82) is 5.26 Å². The van der Waals surface area contributed by atoms with Crippen LogP contribution in [0.1, 0.15) is 51.4 Å². The van der Waals surface area contributed by atoms with Gasteiger partial charge in [0.2, 0.25) is 0 Å². The van der Waals surface area contributed by atoms with Gasteiger partial charge < -0.3 is 18.9 Å². The average Bonchev–Trinajstić information content (AvgIpc) is 3.23. The van der Waals surface area contributed by atoms with E-state index in [1.54, 1.807) is 0 Å². The van der Waals surface area contributed by atoms with E-state index >= 15 is 0 Å². The Hall–Kier alpha value is -1.00. The summed E-state index contributed by atoms with van der Waals surface area (Å²) in [6.45, 7) is 2.82. The van der Waals surface area contributed by atoms with Gasteiger partial charge in [-0.3, -0.25) is 4.79 Å². The van der Waals surface area contributed by atoms with E-state index in [-0.39, 0.29) is 17.5 Å². The number of Topliss-reactive ketones (excluding diaryl/α,β-unsaturated/α-hetero) is 1. The number of hydrogen-bond acceptors (Lipinski definition) is 6. The van der Waals surface area contributed by atoms with Crippen molar-refractivity contribution in [2.45, 2.75) is 62.9 Å². The van der Waals surface area contributed by atoms with Crippen molar-refractivity contribution >= 4 is 5.78 Å². The first kappa shape index (κ1) is 16.8. The van der Waals surface area contributed by atoms with Crippen molar-refractivity contribution in [2.75, 3.05) is 26.4 Å². The second-order valence-corrected chi connectivity index (χ2v) is 6.66. The summed E-state index contributed by atoms with van der Waals surface area (Å²) in [6, 6.07) is 2.30. The highest BCUT2D eigenvalue weighted by atomic mass is 16.7. The van der Waals surface area contributed by atoms with E-state index in [9.17, 15) is 4.79 Å². The zero-order valence-electron chi connectivity index (χ0n) is 13.6. The molecule has 2 aliphatic heterocycles. The van der Waals surface area contributed by atoms with Gasteiger partial charge in [-0.25, -0.2) is 0 Å². The molecule has 0 unspecified atom stereocenters. The molecule has 6 nitrogen and oxygen atoms in total. The normalized spacial score (nSPS) is 29.3. The number of carbonyl (C=O) groups excluding carboxylic acids is 1. The molecule has 0 radical (unpaired) electrons. The number of nitriles is 1. The molecule has 4 rings (SSSR count). The van der Waals surface area contributed by atoms with Crippen molar-refractivity contribution < 1.29 is 23.7 Å². The van der Waals surface area contributed by atoms with E-state index in [4.69, 9.17) is 24.2 Å². The molecule has 0 aromatic rings. The lowest BCUT2D eigenvalue weighted by molar-refractivity contribution is -0.180. The summed E-state index contributed by atoms with van der Waals surface area (Å²) in [5, 5.41) is 8.69. The van der Waals surface area contributed by atoms with Gasteiger partial charge in [0.15, 0.2) is 11.6 Å². The predicted octanol–water partition coefficient (Wildman–Crippen LogP) is 2.32. The van der Waals surface area contributed by atoms with Gasteiger partial charge in [0.05, 0.1) is 32.5 Å². The first-order valence-corrected chi connectivity index (χ1v) is 8.63. The molecule has 4 fully saturated rings. The second kappa shape index (κ2) is 7.27. The average molecular weight is 323 g/mol. The van der Waals surface area contributed by atoms with Crippen LogP contribution in [0.3, 0.4) is 0 Å². The summed E-state index contributed by atoms with van der Waals surface area (Å²) in [7, 11) is 0. The molecule has 128 valence electrons. The van der Waals surface area contributed by atoms with Crippen molar-refractivity contribution in [3.63, 3.8) is 0 Å². The van der Waals surface area contributed by atoms with Crippen LogP contribution in [-0.4, -0.2) is 43.8 Å². The van der Waals surface area contributed by atoms with E-state index in [0.29, 0.717) is 31.8 Å². The van der Waals surface area contributed by atoms with Crippen LogP contribution in [0.4, 0.5) is 0 Å². The number of carbonyl (C=O) groups is 1. The molecule has 4 aliphatic rings. The molecule has 0 atom stereocenters. The van der Waals surface area contributed by atoms with Crippen molar-refractivity contribution in [1.82, 2.24) is 0 Å². The highest BCUT2D eigenvalue weighted by Gasteiger charge is 2.40. The Bertz CT molecular complexity index is 438. The maximum absolute atomic E-state index is 10.9. The van der Waals surface area contributed by atoms with Crippen molar-refractivity contribution in [3.05, 3.63) is 0 Å². The SMILES string of the molecule is N#CC1CCC2(CC1)OCCO2.O=C1CCC2(CC1)OCCO2. The van der Waals surface area contributed by atoms with Gasteiger partial charge in [0, 0.05) is 44.4 Å². The molecular formula is C17H25NO5. The Balaban J connectivity index is 0.000000136. The molecule has 6 heteroatoms. The molecule has 2 saturated carbocycles. The summed E-state index contributed by atoms with van der Waals surface area (Å²) >= 11 is 0. The zero-order valence-corrected chi connectivity index (χ0v) is 13.6. The first-order valence-electron chi connectivity index (χ1n) is 8.63. The van der Waals surface area contributed by atoms with Gasteiger partial charge in [-0.2, -0.15) is 5.26 Å². The summed E-state index contributed by atoms with van der Waals surface area (Å²) < 4.78 is 22.0. The fourth-order valence-corrected chi connectivity index (χ4v) is 3.67. The minimum Gasteiger partial charge on any atom is -0.348 e. The molecule has 0 amide bonds. The van der Waals surface area contributed by atoms with Crippen molar-refractivity contribution in [3.8, 4) is 6.07 Å². The van der Waals surface area contributed by atoms with Crippen molar-refractivity contribution in [2.24, 2.45) is 5.92 Å². The van der Waals surface area contributed by atoms with Gasteiger partial charge in [-0.1, -0.05) is 0 Å². The molecule has 23 heavy (non-hydrogen) atoms. The van der Waals surface area contributed by atoms with E-state index < -0.39 is 0 Å². The Morgan fingerprint density at radius 2 is 1.26 bits per heavy atom. The van der Waals surface area contributed by atoms with Crippen LogP contribution < -0.4 is 0 Å². The van der Waals surface area contributed by atoms with Crippen LogP contribution in [-0.2, 0) is 23.7 Å². The summed E-state index contributed by atoms with van der Waals surface area (Å²) in [6.07, 6.45) is 6.40. The smallest absolute Gasteiger partial charge is 0.169 e. The number of ether oxygens (including phenoxy) is 4. The van der Waals surface area contributed by atoms with Crippen LogP contribution in [0.2, 0.25) is 0 Å². The van der Waals surface area contributed by atoms with Gasteiger partial charge in [-0.15, -0.1) is 0 Å². The monoisotopic (exact) mass is 323 g/mol. The quantitative estimate of drug-likeness (QED) is 0.681.